The molecule has 3 N–H and O–H groups in total. The van der Waals surface area contributed by atoms with E-state index in [0.717, 1.165) is 18.4 Å². The molecule has 1 aromatic carbocycles. The maximum absolute atomic E-state index is 11.7. The summed E-state index contributed by atoms with van der Waals surface area (Å²) in [5.41, 5.74) is 0.772. The first-order chi connectivity index (χ1) is 9.61. The van der Waals surface area contributed by atoms with Gasteiger partial charge in [0.2, 0.25) is 5.91 Å². The fourth-order valence-electron chi connectivity index (χ4n) is 1.88. The minimum atomic E-state index is -1.85. The van der Waals surface area contributed by atoms with E-state index >= 15 is 0 Å². The van der Waals surface area contributed by atoms with Gasteiger partial charge in [-0.3, -0.25) is 4.79 Å². The van der Waals surface area contributed by atoms with Gasteiger partial charge in [-0.15, -0.1) is 0 Å². The summed E-state index contributed by atoms with van der Waals surface area (Å²) in [6.07, 6.45) is 4.76. The van der Waals surface area contributed by atoms with E-state index < -0.39 is 7.32 Å². The summed E-state index contributed by atoms with van der Waals surface area (Å²) in [6, 6.07) is 6.73. The Hall–Kier alpha value is -1.53. The van der Waals surface area contributed by atoms with Crippen LogP contribution in [-0.4, -0.2) is 29.8 Å². The summed E-state index contributed by atoms with van der Waals surface area (Å²) in [6.45, 7) is 2.85. The number of hydrogen-bond donors (Lipinski definition) is 3. The van der Waals surface area contributed by atoms with Gasteiger partial charge in [0.25, 0.3) is 0 Å². The van der Waals surface area contributed by atoms with Gasteiger partial charge in [0.05, 0.1) is 6.42 Å². The highest BCUT2D eigenvalue weighted by Gasteiger charge is 2.11. The van der Waals surface area contributed by atoms with Crippen LogP contribution in [0.25, 0.3) is 0 Å². The average molecular weight is 279 g/mol. The molecule has 0 unspecified atom stereocenters. The van der Waals surface area contributed by atoms with E-state index in [1.54, 1.807) is 24.3 Å². The van der Waals surface area contributed by atoms with Crippen molar-refractivity contribution in [1.82, 2.24) is 5.32 Å². The standard InChI is InChI=1S/C14H22BNO4/c1-2-3-4-5-9-16-14(17)11-12-7-6-8-13(10-12)20-15(18)19/h6-8,10,18-19H,2-5,9,11H2,1H3,(H,16,17). The van der Waals surface area contributed by atoms with Crippen molar-refractivity contribution < 1.29 is 19.5 Å². The molecule has 110 valence electrons. The van der Waals surface area contributed by atoms with E-state index in [4.69, 9.17) is 14.7 Å². The molecule has 0 aliphatic carbocycles. The minimum absolute atomic E-state index is 0.0387. The minimum Gasteiger partial charge on any atom is -0.512 e. The molecule has 0 bridgehead atoms. The lowest BCUT2D eigenvalue weighted by Gasteiger charge is -2.08. The molecule has 0 atom stereocenters. The smallest absolute Gasteiger partial charge is 0.512 e. The van der Waals surface area contributed by atoms with E-state index in [2.05, 4.69) is 12.2 Å². The van der Waals surface area contributed by atoms with Crippen LogP contribution in [0.4, 0.5) is 0 Å². The third-order valence-corrected chi connectivity index (χ3v) is 2.86. The Bertz CT molecular complexity index is 412. The normalized spacial score (nSPS) is 10.2. The van der Waals surface area contributed by atoms with E-state index in [1.807, 2.05) is 0 Å². The Morgan fingerprint density at radius 2 is 2.10 bits per heavy atom. The molecule has 6 heteroatoms. The molecule has 1 rings (SSSR count). The van der Waals surface area contributed by atoms with Gasteiger partial charge >= 0.3 is 7.32 Å². The first-order valence-corrected chi connectivity index (χ1v) is 7.00. The zero-order valence-electron chi connectivity index (χ0n) is 11.8. The third-order valence-electron chi connectivity index (χ3n) is 2.86. The van der Waals surface area contributed by atoms with Crippen LogP contribution >= 0.6 is 0 Å². The molecule has 0 saturated heterocycles. The summed E-state index contributed by atoms with van der Waals surface area (Å²) in [5, 5.41) is 20.3. The van der Waals surface area contributed by atoms with Gasteiger partial charge < -0.3 is 20.0 Å². The topological polar surface area (TPSA) is 78.8 Å². The van der Waals surface area contributed by atoms with Gasteiger partial charge in [-0.1, -0.05) is 38.3 Å². The Balaban J connectivity index is 2.34. The number of benzene rings is 1. The number of amides is 1. The second-order valence-electron chi connectivity index (χ2n) is 4.68. The van der Waals surface area contributed by atoms with Gasteiger partial charge in [-0.25, -0.2) is 0 Å². The fourth-order valence-corrected chi connectivity index (χ4v) is 1.88. The lowest BCUT2D eigenvalue weighted by Crippen LogP contribution is -2.26. The zero-order valence-corrected chi connectivity index (χ0v) is 11.8. The monoisotopic (exact) mass is 279 g/mol. The Morgan fingerprint density at radius 3 is 2.80 bits per heavy atom. The molecule has 0 aliphatic rings. The predicted octanol–water partition coefficient (Wildman–Crippen LogP) is 1.27. The second-order valence-corrected chi connectivity index (χ2v) is 4.68. The zero-order chi connectivity index (χ0) is 14.8. The first kappa shape index (κ1) is 16.5. The number of carbonyl (C=O) groups excluding carboxylic acids is 1. The van der Waals surface area contributed by atoms with Crippen LogP contribution in [0.2, 0.25) is 0 Å². The third kappa shape index (κ3) is 7.16. The average Bonchev–Trinajstić information content (AvgIpc) is 2.38. The number of rotatable bonds is 9. The molecule has 0 aliphatic heterocycles. The first-order valence-electron chi connectivity index (χ1n) is 7.00. The van der Waals surface area contributed by atoms with Crippen LogP contribution in [0.3, 0.4) is 0 Å². The van der Waals surface area contributed by atoms with Crippen molar-refractivity contribution >= 4 is 13.2 Å². The van der Waals surface area contributed by atoms with Crippen LogP contribution in [0.5, 0.6) is 5.75 Å². The molecular formula is C14H22BNO4. The Kier molecular flexibility index (Phi) is 7.76. The number of carbonyl (C=O) groups is 1. The van der Waals surface area contributed by atoms with Gasteiger partial charge in [0.15, 0.2) is 0 Å². The molecule has 1 amide bonds. The van der Waals surface area contributed by atoms with Crippen LogP contribution in [0, 0.1) is 0 Å². The summed E-state index contributed by atoms with van der Waals surface area (Å²) in [7, 11) is -1.85. The summed E-state index contributed by atoms with van der Waals surface area (Å²) in [5.74, 6) is 0.288. The molecule has 0 radical (unpaired) electrons. The highest BCUT2D eigenvalue weighted by Crippen LogP contribution is 2.14. The van der Waals surface area contributed by atoms with Crippen molar-refractivity contribution in [3.63, 3.8) is 0 Å². The van der Waals surface area contributed by atoms with Crippen LogP contribution in [-0.2, 0) is 11.2 Å². The van der Waals surface area contributed by atoms with Gasteiger partial charge in [-0.05, 0) is 24.1 Å². The van der Waals surface area contributed by atoms with Crippen molar-refractivity contribution in [2.45, 2.75) is 39.0 Å². The molecule has 0 aromatic heterocycles. The van der Waals surface area contributed by atoms with Gasteiger partial charge in [0.1, 0.15) is 5.75 Å². The van der Waals surface area contributed by atoms with Crippen LogP contribution in [0.1, 0.15) is 38.2 Å². The van der Waals surface area contributed by atoms with E-state index in [-0.39, 0.29) is 12.3 Å². The van der Waals surface area contributed by atoms with Gasteiger partial charge in [0, 0.05) is 6.54 Å². The molecule has 0 saturated carbocycles. The molecule has 0 fully saturated rings. The van der Waals surface area contributed by atoms with Crippen molar-refractivity contribution in [3.05, 3.63) is 29.8 Å². The van der Waals surface area contributed by atoms with Crippen LogP contribution in [0.15, 0.2) is 24.3 Å². The Labute approximate surface area is 120 Å². The molecule has 5 nitrogen and oxygen atoms in total. The van der Waals surface area contributed by atoms with Crippen molar-refractivity contribution in [2.24, 2.45) is 0 Å². The van der Waals surface area contributed by atoms with Crippen molar-refractivity contribution in [1.29, 1.82) is 0 Å². The quantitative estimate of drug-likeness (QED) is 0.470. The highest BCUT2D eigenvalue weighted by atomic mass is 16.6. The second kappa shape index (κ2) is 9.39. The number of hydrogen-bond acceptors (Lipinski definition) is 4. The number of nitrogens with one attached hydrogen (secondary N) is 1. The largest absolute Gasteiger partial charge is 0.707 e. The SMILES string of the molecule is CCCCCCNC(=O)Cc1cccc(OB(O)O)c1. The van der Waals surface area contributed by atoms with E-state index in [9.17, 15) is 4.79 Å². The highest BCUT2D eigenvalue weighted by molar-refractivity contribution is 6.33. The summed E-state index contributed by atoms with van der Waals surface area (Å²) in [4.78, 5) is 11.7. The molecule has 0 heterocycles. The van der Waals surface area contributed by atoms with E-state index in [1.165, 1.54) is 12.8 Å². The Morgan fingerprint density at radius 1 is 1.30 bits per heavy atom. The van der Waals surface area contributed by atoms with Crippen LogP contribution < -0.4 is 9.97 Å². The maximum atomic E-state index is 11.7. The fraction of sp³-hybridized carbons (Fsp3) is 0.500. The lowest BCUT2D eigenvalue weighted by atomic mass is 10.1. The molecule has 20 heavy (non-hydrogen) atoms. The maximum Gasteiger partial charge on any atom is 0.707 e. The molecule has 0 spiro atoms. The molecular weight excluding hydrogens is 257 g/mol. The molecule has 1 aromatic rings. The lowest BCUT2D eigenvalue weighted by molar-refractivity contribution is -0.120. The van der Waals surface area contributed by atoms with Crippen molar-refractivity contribution in [3.8, 4) is 5.75 Å². The predicted molar refractivity (Wildman–Crippen MR) is 78.1 cm³/mol. The van der Waals surface area contributed by atoms with Gasteiger partial charge in [-0.2, -0.15) is 0 Å². The van der Waals surface area contributed by atoms with E-state index in [0.29, 0.717) is 12.3 Å². The van der Waals surface area contributed by atoms with Crippen molar-refractivity contribution in [2.75, 3.05) is 6.54 Å². The number of unbranched alkanes of at least 4 members (excludes halogenated alkanes) is 3. The summed E-state index contributed by atoms with van der Waals surface area (Å²) >= 11 is 0. The summed E-state index contributed by atoms with van der Waals surface area (Å²) < 4.78 is 4.74.